The third-order valence-corrected chi connectivity index (χ3v) is 2.29. The minimum absolute atomic E-state index is 0.669. The lowest BCUT2D eigenvalue weighted by Crippen LogP contribution is -1.89. The fourth-order valence-electron chi connectivity index (χ4n) is 1.47. The zero-order chi connectivity index (χ0) is 10.7. The summed E-state index contributed by atoms with van der Waals surface area (Å²) in [6.07, 6.45) is 0. The Hall–Kier alpha value is -1.96. The topological polar surface area (TPSA) is 35.2 Å². The average molecular weight is 198 g/mol. The highest BCUT2D eigenvalue weighted by atomic mass is 16.5. The first-order valence-corrected chi connectivity index (χ1v) is 4.72. The summed E-state index contributed by atoms with van der Waals surface area (Å²) >= 11 is 0. The third kappa shape index (κ3) is 1.94. The lowest BCUT2D eigenvalue weighted by atomic mass is 10.0. The molecule has 0 aromatic heterocycles. The molecule has 0 aliphatic carbocycles. The number of para-hydroxylation sites is 1. The second kappa shape index (κ2) is 4.05. The summed E-state index contributed by atoms with van der Waals surface area (Å²) in [4.78, 5) is 0. The summed E-state index contributed by atoms with van der Waals surface area (Å²) in [5.74, 6) is 0.845. The van der Waals surface area contributed by atoms with E-state index in [1.807, 2.05) is 42.5 Å². The van der Waals surface area contributed by atoms with Gasteiger partial charge in [0, 0.05) is 17.3 Å². The summed E-state index contributed by atoms with van der Waals surface area (Å²) in [5, 5.41) is 0. The van der Waals surface area contributed by atoms with Gasteiger partial charge in [0.05, 0.1) is 7.11 Å². The standard InChI is InChI=1S/C13H12NO/c1-15-11-8-6-10(7-9-11)12-4-2-3-5-13(12)14/h2-4,6-9H,14H2,1H3. The van der Waals surface area contributed by atoms with E-state index in [2.05, 4.69) is 6.07 Å². The molecule has 0 atom stereocenters. The lowest BCUT2D eigenvalue weighted by Gasteiger charge is -2.05. The van der Waals surface area contributed by atoms with E-state index in [0.29, 0.717) is 5.69 Å². The molecule has 0 unspecified atom stereocenters. The number of rotatable bonds is 2. The highest BCUT2D eigenvalue weighted by molar-refractivity contribution is 5.75. The number of ether oxygens (including phenoxy) is 1. The van der Waals surface area contributed by atoms with E-state index in [4.69, 9.17) is 10.5 Å². The van der Waals surface area contributed by atoms with Crippen molar-refractivity contribution in [1.29, 1.82) is 0 Å². The Balaban J connectivity index is 2.42. The van der Waals surface area contributed by atoms with Crippen molar-refractivity contribution in [2.75, 3.05) is 12.8 Å². The Bertz CT molecular complexity index is 448. The maximum atomic E-state index is 5.84. The summed E-state index contributed by atoms with van der Waals surface area (Å²) in [6.45, 7) is 0. The number of methoxy groups -OCH3 is 1. The van der Waals surface area contributed by atoms with Crippen LogP contribution in [-0.4, -0.2) is 7.11 Å². The molecule has 0 heterocycles. The maximum Gasteiger partial charge on any atom is 0.118 e. The molecule has 2 N–H and O–H groups in total. The van der Waals surface area contributed by atoms with Gasteiger partial charge >= 0.3 is 0 Å². The van der Waals surface area contributed by atoms with Gasteiger partial charge in [-0.25, -0.2) is 0 Å². The van der Waals surface area contributed by atoms with Gasteiger partial charge < -0.3 is 10.5 Å². The summed E-state index contributed by atoms with van der Waals surface area (Å²) in [5.41, 5.74) is 8.58. The van der Waals surface area contributed by atoms with Crippen molar-refractivity contribution in [2.45, 2.75) is 0 Å². The Morgan fingerprint density at radius 3 is 2.47 bits per heavy atom. The molecule has 2 heteroatoms. The highest BCUT2D eigenvalue weighted by Gasteiger charge is 2.01. The van der Waals surface area contributed by atoms with Crippen LogP contribution < -0.4 is 10.5 Å². The first-order valence-electron chi connectivity index (χ1n) is 4.72. The molecule has 0 fully saturated rings. The normalized spacial score (nSPS) is 9.93. The van der Waals surface area contributed by atoms with Crippen LogP contribution in [0, 0.1) is 6.07 Å². The van der Waals surface area contributed by atoms with Crippen LogP contribution in [-0.2, 0) is 0 Å². The molecule has 1 radical (unpaired) electrons. The Morgan fingerprint density at radius 2 is 1.87 bits per heavy atom. The fourth-order valence-corrected chi connectivity index (χ4v) is 1.47. The molecule has 0 amide bonds. The second-order valence-electron chi connectivity index (χ2n) is 3.23. The van der Waals surface area contributed by atoms with E-state index in [0.717, 1.165) is 16.9 Å². The average Bonchev–Trinajstić information content (AvgIpc) is 2.30. The Morgan fingerprint density at radius 1 is 1.13 bits per heavy atom. The molecule has 0 bridgehead atoms. The van der Waals surface area contributed by atoms with Crippen molar-refractivity contribution in [3.05, 3.63) is 48.5 Å². The number of benzene rings is 2. The highest BCUT2D eigenvalue weighted by Crippen LogP contribution is 2.26. The SMILES string of the molecule is COc1ccc(-c2ccc[c]c2N)cc1. The van der Waals surface area contributed by atoms with Gasteiger partial charge in [-0.15, -0.1) is 0 Å². The van der Waals surface area contributed by atoms with E-state index in [1.54, 1.807) is 7.11 Å². The smallest absolute Gasteiger partial charge is 0.118 e. The van der Waals surface area contributed by atoms with E-state index in [1.165, 1.54) is 0 Å². The van der Waals surface area contributed by atoms with Gasteiger partial charge in [-0.2, -0.15) is 0 Å². The van der Waals surface area contributed by atoms with Crippen LogP contribution in [0.1, 0.15) is 0 Å². The van der Waals surface area contributed by atoms with Crippen molar-refractivity contribution >= 4 is 5.69 Å². The number of nitrogen functional groups attached to an aromatic ring is 1. The van der Waals surface area contributed by atoms with Crippen molar-refractivity contribution in [1.82, 2.24) is 0 Å². The molecule has 0 aliphatic rings. The molecule has 75 valence electrons. The number of nitrogens with two attached hydrogens (primary N) is 1. The van der Waals surface area contributed by atoms with Gasteiger partial charge in [0.1, 0.15) is 5.75 Å². The van der Waals surface area contributed by atoms with E-state index < -0.39 is 0 Å². The minimum atomic E-state index is 0.669. The number of anilines is 1. The molecule has 0 aliphatic heterocycles. The second-order valence-corrected chi connectivity index (χ2v) is 3.23. The van der Waals surface area contributed by atoms with Crippen LogP contribution in [0.4, 0.5) is 5.69 Å². The first kappa shape index (κ1) is 9.59. The Labute approximate surface area is 89.3 Å². The number of hydrogen-bond donors (Lipinski definition) is 1. The van der Waals surface area contributed by atoms with Crippen LogP contribution in [0.2, 0.25) is 0 Å². The molecule has 2 rings (SSSR count). The van der Waals surface area contributed by atoms with Gasteiger partial charge in [0.15, 0.2) is 0 Å². The maximum absolute atomic E-state index is 5.84. The molecule has 2 nitrogen and oxygen atoms in total. The van der Waals surface area contributed by atoms with Crippen LogP contribution in [0.5, 0.6) is 5.75 Å². The predicted octanol–water partition coefficient (Wildman–Crippen LogP) is 2.74. The van der Waals surface area contributed by atoms with Gasteiger partial charge in [-0.1, -0.05) is 30.3 Å². The largest absolute Gasteiger partial charge is 0.497 e. The van der Waals surface area contributed by atoms with Crippen molar-refractivity contribution in [3.63, 3.8) is 0 Å². The molecular formula is C13H12NO. The van der Waals surface area contributed by atoms with Gasteiger partial charge in [-0.3, -0.25) is 0 Å². The molecule has 0 saturated carbocycles. The van der Waals surface area contributed by atoms with Crippen LogP contribution in [0.15, 0.2) is 42.5 Å². The monoisotopic (exact) mass is 198 g/mol. The first-order chi connectivity index (χ1) is 7.31. The fraction of sp³-hybridized carbons (Fsp3) is 0.0769. The zero-order valence-electron chi connectivity index (χ0n) is 8.53. The predicted molar refractivity (Wildman–Crippen MR) is 61.7 cm³/mol. The third-order valence-electron chi connectivity index (χ3n) is 2.29. The van der Waals surface area contributed by atoms with Crippen molar-refractivity contribution < 1.29 is 4.74 Å². The molecule has 15 heavy (non-hydrogen) atoms. The van der Waals surface area contributed by atoms with Crippen molar-refractivity contribution in [3.8, 4) is 16.9 Å². The van der Waals surface area contributed by atoms with E-state index in [9.17, 15) is 0 Å². The van der Waals surface area contributed by atoms with Gasteiger partial charge in [-0.05, 0) is 17.7 Å². The molecular weight excluding hydrogens is 186 g/mol. The van der Waals surface area contributed by atoms with Gasteiger partial charge in [0.2, 0.25) is 0 Å². The lowest BCUT2D eigenvalue weighted by molar-refractivity contribution is 0.415. The van der Waals surface area contributed by atoms with Crippen LogP contribution in [0.3, 0.4) is 0 Å². The van der Waals surface area contributed by atoms with Crippen LogP contribution in [0.25, 0.3) is 11.1 Å². The quantitative estimate of drug-likeness (QED) is 0.753. The molecule has 2 aromatic carbocycles. The summed E-state index contributed by atoms with van der Waals surface area (Å²) in [6, 6.07) is 16.5. The molecule has 2 aromatic rings. The van der Waals surface area contributed by atoms with E-state index >= 15 is 0 Å². The van der Waals surface area contributed by atoms with E-state index in [-0.39, 0.29) is 0 Å². The summed E-state index contributed by atoms with van der Waals surface area (Å²) < 4.78 is 5.10. The minimum Gasteiger partial charge on any atom is -0.497 e. The van der Waals surface area contributed by atoms with Crippen molar-refractivity contribution in [2.24, 2.45) is 0 Å². The Kier molecular flexibility index (Phi) is 2.59. The summed E-state index contributed by atoms with van der Waals surface area (Å²) in [7, 11) is 1.65. The molecule has 0 spiro atoms. The van der Waals surface area contributed by atoms with Gasteiger partial charge in [0.25, 0.3) is 0 Å². The zero-order valence-corrected chi connectivity index (χ0v) is 8.53. The van der Waals surface area contributed by atoms with Crippen LogP contribution >= 0.6 is 0 Å². The molecule has 0 saturated heterocycles. The number of hydrogen-bond acceptors (Lipinski definition) is 2.